The van der Waals surface area contributed by atoms with E-state index in [0.717, 1.165) is 12.3 Å². The van der Waals surface area contributed by atoms with Crippen molar-refractivity contribution in [2.75, 3.05) is 0 Å². The van der Waals surface area contributed by atoms with Crippen LogP contribution in [0.4, 0.5) is 0 Å². The van der Waals surface area contributed by atoms with Gasteiger partial charge < -0.3 is 0 Å². The van der Waals surface area contributed by atoms with Crippen LogP contribution in [0.1, 0.15) is 40.0 Å². The molecule has 0 fully saturated rings. The third-order valence-electron chi connectivity index (χ3n) is 2.56. The summed E-state index contributed by atoms with van der Waals surface area (Å²) < 4.78 is 0. The maximum Gasteiger partial charge on any atom is -0.0169 e. The molecule has 1 atom stereocenters. The minimum absolute atomic E-state index is 0.432. The molecule has 1 rings (SSSR count). The van der Waals surface area contributed by atoms with Crippen LogP contribution >= 0.6 is 0 Å². The molecule has 0 bridgehead atoms. The minimum Gasteiger partial charge on any atom is -0.0882 e. The summed E-state index contributed by atoms with van der Waals surface area (Å²) in [5, 5.41) is 0. The van der Waals surface area contributed by atoms with Gasteiger partial charge in [0.05, 0.1) is 0 Å². The lowest BCUT2D eigenvalue weighted by Crippen LogP contribution is -2.18. The van der Waals surface area contributed by atoms with Crippen LogP contribution < -0.4 is 0 Å². The monoisotopic (exact) mass is 164 g/mol. The second-order valence-corrected chi connectivity index (χ2v) is 4.69. The summed E-state index contributed by atoms with van der Waals surface area (Å²) >= 11 is 0. The Balaban J connectivity index is 2.60. The number of hydrogen-bond acceptors (Lipinski definition) is 0. The van der Waals surface area contributed by atoms with Crippen LogP contribution in [-0.2, 0) is 0 Å². The average Bonchev–Trinajstić information content (AvgIpc) is 1.81. The molecule has 0 heteroatoms. The standard InChI is InChI=1S/C12H20/c1-12(2,3)11-9-7-5-4-6-8-10-11/h4-5,8,10-11H,6-7,9H2,1-3H3/b5-4-,10-8-. The molecule has 0 radical (unpaired) electrons. The molecule has 0 aromatic carbocycles. The first-order chi connectivity index (χ1) is 5.61. The van der Waals surface area contributed by atoms with Crippen LogP contribution in [0, 0.1) is 11.3 Å². The van der Waals surface area contributed by atoms with E-state index in [-0.39, 0.29) is 0 Å². The Morgan fingerprint density at radius 3 is 2.50 bits per heavy atom. The molecule has 0 saturated carbocycles. The van der Waals surface area contributed by atoms with E-state index in [4.69, 9.17) is 0 Å². The van der Waals surface area contributed by atoms with Gasteiger partial charge in [-0.15, -0.1) is 0 Å². The summed E-state index contributed by atoms with van der Waals surface area (Å²) in [7, 11) is 0. The molecule has 68 valence electrons. The first kappa shape index (κ1) is 9.57. The third-order valence-corrected chi connectivity index (χ3v) is 2.56. The molecule has 0 amide bonds. The number of allylic oxidation sites excluding steroid dienone is 4. The van der Waals surface area contributed by atoms with Gasteiger partial charge in [-0.1, -0.05) is 45.1 Å². The quantitative estimate of drug-likeness (QED) is 0.476. The van der Waals surface area contributed by atoms with E-state index in [1.807, 2.05) is 0 Å². The fourth-order valence-corrected chi connectivity index (χ4v) is 1.63. The van der Waals surface area contributed by atoms with Gasteiger partial charge in [-0.05, 0) is 30.6 Å². The van der Waals surface area contributed by atoms with E-state index in [2.05, 4.69) is 45.1 Å². The van der Waals surface area contributed by atoms with Crippen LogP contribution in [0.25, 0.3) is 0 Å². The molecule has 0 aliphatic heterocycles. The summed E-state index contributed by atoms with van der Waals surface area (Å²) in [6.45, 7) is 6.98. The van der Waals surface area contributed by atoms with Crippen molar-refractivity contribution in [3.63, 3.8) is 0 Å². The van der Waals surface area contributed by atoms with Crippen molar-refractivity contribution in [1.29, 1.82) is 0 Å². The summed E-state index contributed by atoms with van der Waals surface area (Å²) in [4.78, 5) is 0. The highest BCUT2D eigenvalue weighted by Gasteiger charge is 2.21. The molecule has 0 saturated heterocycles. The fraction of sp³-hybridized carbons (Fsp3) is 0.667. The molecule has 0 spiro atoms. The Hall–Kier alpha value is -0.520. The van der Waals surface area contributed by atoms with E-state index in [1.165, 1.54) is 12.8 Å². The Morgan fingerprint density at radius 2 is 1.83 bits per heavy atom. The number of rotatable bonds is 0. The summed E-state index contributed by atoms with van der Waals surface area (Å²) in [5.74, 6) is 0.752. The molecular formula is C12H20. The Labute approximate surface area is 76.4 Å². The van der Waals surface area contributed by atoms with E-state index >= 15 is 0 Å². The normalized spacial score (nSPS) is 30.4. The van der Waals surface area contributed by atoms with Crippen LogP contribution in [0.15, 0.2) is 24.3 Å². The molecule has 0 heterocycles. The van der Waals surface area contributed by atoms with E-state index in [1.54, 1.807) is 0 Å². The zero-order valence-corrected chi connectivity index (χ0v) is 8.51. The summed E-state index contributed by atoms with van der Waals surface area (Å²) in [5.41, 5.74) is 0.432. The van der Waals surface area contributed by atoms with E-state index < -0.39 is 0 Å². The van der Waals surface area contributed by atoms with Crippen molar-refractivity contribution in [3.05, 3.63) is 24.3 Å². The SMILES string of the molecule is CC(C)(C)C1/C=C\C/C=C\CC1. The van der Waals surface area contributed by atoms with Gasteiger partial charge in [0.1, 0.15) is 0 Å². The highest BCUT2D eigenvalue weighted by molar-refractivity contribution is 5.01. The largest absolute Gasteiger partial charge is 0.0882 e. The average molecular weight is 164 g/mol. The molecule has 0 aromatic heterocycles. The summed E-state index contributed by atoms with van der Waals surface area (Å²) in [6, 6.07) is 0. The van der Waals surface area contributed by atoms with E-state index in [0.29, 0.717) is 5.41 Å². The Kier molecular flexibility index (Phi) is 3.13. The van der Waals surface area contributed by atoms with Crippen molar-refractivity contribution >= 4 is 0 Å². The predicted octanol–water partition coefficient (Wildman–Crippen LogP) is 3.95. The Bertz CT molecular complexity index is 179. The number of hydrogen-bond donors (Lipinski definition) is 0. The van der Waals surface area contributed by atoms with Gasteiger partial charge >= 0.3 is 0 Å². The zero-order valence-electron chi connectivity index (χ0n) is 8.51. The van der Waals surface area contributed by atoms with Gasteiger partial charge in [0.25, 0.3) is 0 Å². The highest BCUT2D eigenvalue weighted by Crippen LogP contribution is 2.31. The van der Waals surface area contributed by atoms with Crippen molar-refractivity contribution < 1.29 is 0 Å². The smallest absolute Gasteiger partial charge is 0.0169 e. The Morgan fingerprint density at radius 1 is 1.08 bits per heavy atom. The van der Waals surface area contributed by atoms with Gasteiger partial charge in [-0.3, -0.25) is 0 Å². The van der Waals surface area contributed by atoms with Gasteiger partial charge in [0.15, 0.2) is 0 Å². The lowest BCUT2D eigenvalue weighted by Gasteiger charge is -2.28. The maximum atomic E-state index is 2.39. The molecule has 12 heavy (non-hydrogen) atoms. The van der Waals surface area contributed by atoms with Crippen LogP contribution in [0.2, 0.25) is 0 Å². The van der Waals surface area contributed by atoms with Crippen molar-refractivity contribution in [1.82, 2.24) is 0 Å². The van der Waals surface area contributed by atoms with E-state index in [9.17, 15) is 0 Å². The third kappa shape index (κ3) is 2.84. The molecule has 0 nitrogen and oxygen atoms in total. The molecule has 1 aliphatic rings. The van der Waals surface area contributed by atoms with Crippen LogP contribution in [0.3, 0.4) is 0 Å². The van der Waals surface area contributed by atoms with Crippen molar-refractivity contribution in [3.8, 4) is 0 Å². The van der Waals surface area contributed by atoms with Crippen LogP contribution in [0.5, 0.6) is 0 Å². The van der Waals surface area contributed by atoms with Crippen molar-refractivity contribution in [2.24, 2.45) is 11.3 Å². The second kappa shape index (κ2) is 3.93. The molecular weight excluding hydrogens is 144 g/mol. The maximum absolute atomic E-state index is 2.39. The molecule has 1 unspecified atom stereocenters. The summed E-state index contributed by atoms with van der Waals surface area (Å²) in [6.07, 6.45) is 12.9. The van der Waals surface area contributed by atoms with Gasteiger partial charge in [0.2, 0.25) is 0 Å². The molecule has 0 aromatic rings. The van der Waals surface area contributed by atoms with Gasteiger partial charge in [0, 0.05) is 0 Å². The van der Waals surface area contributed by atoms with Gasteiger partial charge in [-0.25, -0.2) is 0 Å². The zero-order chi connectivity index (χ0) is 9.03. The first-order valence-corrected chi connectivity index (χ1v) is 4.92. The fourth-order valence-electron chi connectivity index (χ4n) is 1.63. The lowest BCUT2D eigenvalue weighted by molar-refractivity contribution is 0.279. The molecule has 1 aliphatic carbocycles. The molecule has 0 N–H and O–H groups in total. The van der Waals surface area contributed by atoms with Gasteiger partial charge in [-0.2, -0.15) is 0 Å². The highest BCUT2D eigenvalue weighted by atomic mass is 14.3. The first-order valence-electron chi connectivity index (χ1n) is 4.92. The predicted molar refractivity (Wildman–Crippen MR) is 55.1 cm³/mol. The minimum atomic E-state index is 0.432. The van der Waals surface area contributed by atoms with Crippen molar-refractivity contribution in [2.45, 2.75) is 40.0 Å². The van der Waals surface area contributed by atoms with Crippen LogP contribution in [-0.4, -0.2) is 0 Å². The lowest BCUT2D eigenvalue weighted by atomic mass is 9.77. The second-order valence-electron chi connectivity index (χ2n) is 4.69. The topological polar surface area (TPSA) is 0 Å².